The molecule has 2 aromatic carbocycles. The van der Waals surface area contributed by atoms with Crippen LogP contribution in [-0.4, -0.2) is 15.3 Å². The molecule has 0 spiro atoms. The number of Topliss-reactive ketones (excluding diaryl/α,β-unsaturated/α-hetero) is 1. The third kappa shape index (κ3) is 5.07. The number of carbonyl (C=O) groups is 1. The molecule has 0 aliphatic carbocycles. The standard InChI is InChI=1S/C28H26N2O3S/c1-18-9-5-6-11-23(18)24(31)16-26-30(4)28(32)25(34-26)15-21-13-19(2)27(20(3)14-21)33-17-22-10-7-8-12-29-22/h5-16H,17H2,1-4H3/b25-15-,26-16-. The summed E-state index contributed by atoms with van der Waals surface area (Å²) in [7, 11) is 1.69. The molecular formula is C28H26N2O3S. The molecule has 2 heterocycles. The summed E-state index contributed by atoms with van der Waals surface area (Å²) in [4.78, 5) is 29.9. The molecule has 34 heavy (non-hydrogen) atoms. The SMILES string of the molecule is Cc1ccccc1C(=O)/C=c1\s/c(=C\c2cc(C)c(OCc3ccccn3)c(C)c2)c(=O)n1C. The molecule has 2 aromatic heterocycles. The van der Waals surface area contributed by atoms with Gasteiger partial charge in [0.05, 0.1) is 10.2 Å². The Balaban J connectivity index is 1.65. The Morgan fingerprint density at radius 2 is 1.74 bits per heavy atom. The second kappa shape index (κ2) is 10.0. The van der Waals surface area contributed by atoms with Crippen molar-refractivity contribution in [2.24, 2.45) is 7.05 Å². The molecule has 0 amide bonds. The van der Waals surface area contributed by atoms with Gasteiger partial charge < -0.3 is 9.30 Å². The Kier molecular flexibility index (Phi) is 6.89. The van der Waals surface area contributed by atoms with E-state index in [1.807, 2.05) is 75.4 Å². The van der Waals surface area contributed by atoms with Crippen molar-refractivity contribution >= 4 is 29.3 Å². The summed E-state index contributed by atoms with van der Waals surface area (Å²) in [5.74, 6) is 0.710. The van der Waals surface area contributed by atoms with Crippen LogP contribution in [0.25, 0.3) is 12.2 Å². The highest BCUT2D eigenvalue weighted by atomic mass is 32.1. The number of hydrogen-bond acceptors (Lipinski definition) is 5. The van der Waals surface area contributed by atoms with Crippen molar-refractivity contribution in [3.05, 3.63) is 114 Å². The van der Waals surface area contributed by atoms with Crippen molar-refractivity contribution < 1.29 is 9.53 Å². The van der Waals surface area contributed by atoms with Gasteiger partial charge >= 0.3 is 0 Å². The minimum absolute atomic E-state index is 0.109. The second-order valence-corrected chi connectivity index (χ2v) is 9.29. The van der Waals surface area contributed by atoms with Crippen molar-refractivity contribution in [2.75, 3.05) is 0 Å². The quantitative estimate of drug-likeness (QED) is 0.402. The highest BCUT2D eigenvalue weighted by Gasteiger charge is 2.10. The van der Waals surface area contributed by atoms with E-state index >= 15 is 0 Å². The topological polar surface area (TPSA) is 61.2 Å². The number of hydrogen-bond donors (Lipinski definition) is 0. The van der Waals surface area contributed by atoms with Gasteiger partial charge in [0.2, 0.25) is 0 Å². The number of ketones is 1. The van der Waals surface area contributed by atoms with E-state index in [1.54, 1.807) is 19.3 Å². The number of benzene rings is 2. The Hall–Kier alpha value is -3.77. The van der Waals surface area contributed by atoms with Gasteiger partial charge in [-0.05, 0) is 73.4 Å². The molecule has 0 N–H and O–H groups in total. The maximum Gasteiger partial charge on any atom is 0.268 e. The van der Waals surface area contributed by atoms with Gasteiger partial charge in [0.25, 0.3) is 5.56 Å². The first-order valence-electron chi connectivity index (χ1n) is 11.0. The summed E-state index contributed by atoms with van der Waals surface area (Å²) in [6, 6.07) is 17.2. The molecule has 0 unspecified atom stereocenters. The fourth-order valence-electron chi connectivity index (χ4n) is 3.82. The fraction of sp³-hybridized carbons (Fsp3) is 0.179. The number of aryl methyl sites for hydroxylation is 3. The lowest BCUT2D eigenvalue weighted by molar-refractivity contribution is 0.106. The van der Waals surface area contributed by atoms with Gasteiger partial charge in [-0.1, -0.05) is 30.3 Å². The normalized spacial score (nSPS) is 12.2. The van der Waals surface area contributed by atoms with Gasteiger partial charge in [0.15, 0.2) is 5.78 Å². The summed E-state index contributed by atoms with van der Waals surface area (Å²) >= 11 is 1.31. The molecule has 0 aliphatic rings. The summed E-state index contributed by atoms with van der Waals surface area (Å²) in [6.07, 6.45) is 5.15. The molecule has 0 saturated heterocycles. The van der Waals surface area contributed by atoms with Gasteiger partial charge in [0, 0.05) is 24.9 Å². The molecular weight excluding hydrogens is 444 g/mol. The Morgan fingerprint density at radius 1 is 1.03 bits per heavy atom. The second-order valence-electron chi connectivity index (χ2n) is 8.23. The predicted octanol–water partition coefficient (Wildman–Crippen LogP) is 3.84. The zero-order chi connectivity index (χ0) is 24.2. The minimum atomic E-state index is -0.125. The van der Waals surface area contributed by atoms with Crippen molar-refractivity contribution in [3.8, 4) is 5.75 Å². The van der Waals surface area contributed by atoms with Crippen LogP contribution in [0.1, 0.15) is 38.3 Å². The molecule has 0 saturated carbocycles. The Bertz CT molecular complexity index is 1510. The van der Waals surface area contributed by atoms with Gasteiger partial charge in [-0.15, -0.1) is 11.3 Å². The van der Waals surface area contributed by atoms with Crippen molar-refractivity contribution in [1.29, 1.82) is 0 Å². The van der Waals surface area contributed by atoms with Crippen LogP contribution in [0.4, 0.5) is 0 Å². The van der Waals surface area contributed by atoms with Crippen LogP contribution < -0.4 is 19.5 Å². The number of pyridine rings is 1. The number of ether oxygens (including phenoxy) is 1. The number of carbonyl (C=O) groups excluding carboxylic acids is 1. The van der Waals surface area contributed by atoms with Crippen LogP contribution >= 0.6 is 11.3 Å². The van der Waals surface area contributed by atoms with Crippen LogP contribution in [0, 0.1) is 20.8 Å². The first kappa shape index (κ1) is 23.4. The smallest absolute Gasteiger partial charge is 0.268 e. The van der Waals surface area contributed by atoms with E-state index in [2.05, 4.69) is 4.98 Å². The summed E-state index contributed by atoms with van der Waals surface area (Å²) in [6.45, 7) is 6.28. The van der Waals surface area contributed by atoms with Gasteiger partial charge in [-0.25, -0.2) is 0 Å². The van der Waals surface area contributed by atoms with Crippen LogP contribution in [-0.2, 0) is 13.7 Å². The maximum atomic E-state index is 12.9. The molecule has 0 fully saturated rings. The van der Waals surface area contributed by atoms with E-state index in [9.17, 15) is 9.59 Å². The highest BCUT2D eigenvalue weighted by Crippen LogP contribution is 2.26. The maximum absolute atomic E-state index is 12.9. The minimum Gasteiger partial charge on any atom is -0.487 e. The van der Waals surface area contributed by atoms with E-state index < -0.39 is 0 Å². The lowest BCUT2D eigenvalue weighted by Crippen LogP contribution is -2.29. The highest BCUT2D eigenvalue weighted by molar-refractivity contribution is 7.07. The van der Waals surface area contributed by atoms with Gasteiger partial charge in [0.1, 0.15) is 17.0 Å². The monoisotopic (exact) mass is 470 g/mol. The lowest BCUT2D eigenvalue weighted by atomic mass is 10.1. The third-order valence-corrected chi connectivity index (χ3v) is 6.71. The van der Waals surface area contributed by atoms with Crippen molar-refractivity contribution in [1.82, 2.24) is 9.55 Å². The Labute approximate surface area is 202 Å². The molecule has 5 nitrogen and oxygen atoms in total. The molecule has 4 aromatic rings. The Morgan fingerprint density at radius 3 is 2.41 bits per heavy atom. The average Bonchev–Trinajstić information content (AvgIpc) is 3.07. The first-order valence-corrected chi connectivity index (χ1v) is 11.8. The average molecular weight is 471 g/mol. The molecule has 172 valence electrons. The largest absolute Gasteiger partial charge is 0.487 e. The molecule has 0 aliphatic heterocycles. The molecule has 6 heteroatoms. The van der Waals surface area contributed by atoms with E-state index in [0.717, 1.165) is 33.7 Å². The molecule has 0 atom stereocenters. The number of thiazole rings is 1. The third-order valence-electron chi connectivity index (χ3n) is 5.60. The zero-order valence-electron chi connectivity index (χ0n) is 19.7. The van der Waals surface area contributed by atoms with Gasteiger partial charge in [-0.2, -0.15) is 0 Å². The number of rotatable bonds is 6. The summed E-state index contributed by atoms with van der Waals surface area (Å²) < 4.78 is 8.74. The zero-order valence-corrected chi connectivity index (χ0v) is 20.5. The lowest BCUT2D eigenvalue weighted by Gasteiger charge is -2.13. The molecule has 4 rings (SSSR count). The molecule has 0 bridgehead atoms. The predicted molar refractivity (Wildman–Crippen MR) is 137 cm³/mol. The van der Waals surface area contributed by atoms with Gasteiger partial charge in [-0.3, -0.25) is 14.6 Å². The number of aromatic nitrogens is 2. The van der Waals surface area contributed by atoms with Crippen LogP contribution in [0.3, 0.4) is 0 Å². The first-order chi connectivity index (χ1) is 16.3. The van der Waals surface area contributed by atoms with Crippen LogP contribution in [0.15, 0.2) is 65.6 Å². The van der Waals surface area contributed by atoms with Crippen molar-refractivity contribution in [3.63, 3.8) is 0 Å². The van der Waals surface area contributed by atoms with Crippen LogP contribution in [0.2, 0.25) is 0 Å². The van der Waals surface area contributed by atoms with E-state index in [4.69, 9.17) is 4.74 Å². The van der Waals surface area contributed by atoms with E-state index in [0.29, 0.717) is 21.4 Å². The van der Waals surface area contributed by atoms with E-state index in [1.165, 1.54) is 22.0 Å². The summed E-state index contributed by atoms with van der Waals surface area (Å²) in [5, 5.41) is 0. The summed E-state index contributed by atoms with van der Waals surface area (Å²) in [5.41, 5.74) is 5.17. The fourth-order valence-corrected chi connectivity index (χ4v) is 4.85. The van der Waals surface area contributed by atoms with Crippen molar-refractivity contribution in [2.45, 2.75) is 27.4 Å². The van der Waals surface area contributed by atoms with E-state index in [-0.39, 0.29) is 11.3 Å². The van der Waals surface area contributed by atoms with Crippen LogP contribution in [0.5, 0.6) is 5.75 Å². The number of nitrogens with zero attached hydrogens (tertiary/aromatic N) is 2. The molecule has 0 radical (unpaired) electrons.